The first kappa shape index (κ1) is 36.1. The molecule has 0 saturated carbocycles. The van der Waals surface area contributed by atoms with Gasteiger partial charge < -0.3 is 39.0 Å². The Kier molecular flexibility index (Phi) is 10.6. The number of alkyl carbamates (subject to hydrolysis) is 2. The summed E-state index contributed by atoms with van der Waals surface area (Å²) in [6, 6.07) is 15.4. The molecule has 14 heteroatoms. The number of imidazole rings is 2. The third-order valence-electron chi connectivity index (χ3n) is 9.83. The molecule has 2 aromatic heterocycles. The van der Waals surface area contributed by atoms with E-state index in [2.05, 4.69) is 78.3 Å². The number of fused-ring (bicyclic) bond motifs is 2. The molecule has 274 valence electrons. The Balaban J connectivity index is 1.10. The van der Waals surface area contributed by atoms with Crippen LogP contribution in [0.3, 0.4) is 0 Å². The van der Waals surface area contributed by atoms with Gasteiger partial charge in [0.15, 0.2) is 0 Å². The lowest BCUT2D eigenvalue weighted by Crippen LogP contribution is -2.52. The summed E-state index contributed by atoms with van der Waals surface area (Å²) in [7, 11) is 2.57. The lowest BCUT2D eigenvalue weighted by Gasteiger charge is -2.33. The van der Waals surface area contributed by atoms with Gasteiger partial charge in [0.1, 0.15) is 23.7 Å². The predicted octanol–water partition coefficient (Wildman–Crippen LogP) is 4.53. The van der Waals surface area contributed by atoms with Crippen LogP contribution in [0.5, 0.6) is 0 Å². The molecule has 52 heavy (non-hydrogen) atoms. The molecule has 0 radical (unpaired) electrons. The Morgan fingerprint density at radius 3 is 1.25 bits per heavy atom. The van der Waals surface area contributed by atoms with Gasteiger partial charge in [0.05, 0.1) is 51.1 Å². The average molecular weight is 711 g/mol. The lowest BCUT2D eigenvalue weighted by atomic mass is 10.0. The SMILES string of the molecule is COC(=O)N[C@H](C(=O)N1CCn2c(-c3ccc(-c4ccc(-c5cnc6n5CCN(C(=O)[C@@H](NC(=O)OC)C(C)C)C6)cc4)cc3)cnc2C1)C(C)C. The zero-order valence-corrected chi connectivity index (χ0v) is 30.5. The fourth-order valence-corrected chi connectivity index (χ4v) is 6.82. The van der Waals surface area contributed by atoms with Crippen LogP contribution in [-0.4, -0.2) is 92.3 Å². The number of benzene rings is 2. The highest BCUT2D eigenvalue weighted by Gasteiger charge is 2.33. The quantitative estimate of drug-likeness (QED) is 0.257. The Hall–Kier alpha value is -5.66. The molecule has 4 heterocycles. The maximum atomic E-state index is 13.3. The summed E-state index contributed by atoms with van der Waals surface area (Å²) in [5.41, 5.74) is 6.20. The topological polar surface area (TPSA) is 153 Å². The largest absolute Gasteiger partial charge is 0.453 e. The Bertz CT molecular complexity index is 1790. The smallest absolute Gasteiger partial charge is 0.407 e. The highest BCUT2D eigenvalue weighted by atomic mass is 16.5. The van der Waals surface area contributed by atoms with Crippen molar-refractivity contribution in [3.63, 3.8) is 0 Å². The van der Waals surface area contributed by atoms with Gasteiger partial charge in [-0.1, -0.05) is 76.2 Å². The zero-order chi connectivity index (χ0) is 37.1. The minimum atomic E-state index is -0.675. The first-order valence-electron chi connectivity index (χ1n) is 17.6. The number of ether oxygens (including phenoxy) is 2. The second kappa shape index (κ2) is 15.3. The standard InChI is InChI=1S/C38H46N8O6/c1-23(2)33(41-37(49)51-5)35(47)43-15-17-45-29(19-39-31(45)21-43)27-11-7-25(8-12-27)26-9-13-28(14-10-26)30-20-40-32-22-44(16-18-46(30)32)36(48)34(24(3)4)42-38(50)52-6/h7-14,19-20,23-24,33-34H,15-18,21-22H2,1-6H3,(H,41,49)(H,42,50)/t33-,34-/m0/s1. The normalized spacial score (nSPS) is 15.1. The molecule has 0 aliphatic carbocycles. The fraction of sp³-hybridized carbons (Fsp3) is 0.421. The first-order valence-corrected chi connectivity index (χ1v) is 17.6. The molecule has 0 fully saturated rings. The first-order chi connectivity index (χ1) is 25.0. The van der Waals surface area contributed by atoms with Crippen molar-refractivity contribution >= 4 is 24.0 Å². The maximum absolute atomic E-state index is 13.3. The fourth-order valence-electron chi connectivity index (χ4n) is 6.82. The van der Waals surface area contributed by atoms with E-state index in [4.69, 9.17) is 9.47 Å². The van der Waals surface area contributed by atoms with Crippen molar-refractivity contribution in [1.82, 2.24) is 39.5 Å². The van der Waals surface area contributed by atoms with Crippen molar-refractivity contribution < 1.29 is 28.7 Å². The molecule has 0 saturated heterocycles. The Labute approximate surface area is 303 Å². The number of carbonyl (C=O) groups is 4. The number of nitrogens with zero attached hydrogens (tertiary/aromatic N) is 6. The van der Waals surface area contributed by atoms with Crippen molar-refractivity contribution in [1.29, 1.82) is 0 Å². The van der Waals surface area contributed by atoms with E-state index in [1.54, 1.807) is 9.80 Å². The van der Waals surface area contributed by atoms with Gasteiger partial charge in [-0.15, -0.1) is 0 Å². The Morgan fingerprint density at radius 2 is 0.923 bits per heavy atom. The molecule has 14 nitrogen and oxygen atoms in total. The molecule has 2 aliphatic heterocycles. The molecule has 6 rings (SSSR count). The summed E-state index contributed by atoms with van der Waals surface area (Å²) < 4.78 is 13.7. The summed E-state index contributed by atoms with van der Waals surface area (Å²) in [6.07, 6.45) is 2.45. The summed E-state index contributed by atoms with van der Waals surface area (Å²) in [6.45, 7) is 10.5. The molecule has 0 spiro atoms. The van der Waals surface area contributed by atoms with Crippen molar-refractivity contribution in [3.05, 3.63) is 72.6 Å². The van der Waals surface area contributed by atoms with Crippen molar-refractivity contribution in [2.45, 2.75) is 66.0 Å². The van der Waals surface area contributed by atoms with E-state index >= 15 is 0 Å². The summed E-state index contributed by atoms with van der Waals surface area (Å²) >= 11 is 0. The molecule has 4 aromatic rings. The van der Waals surface area contributed by atoms with Crippen LogP contribution in [0.4, 0.5) is 9.59 Å². The third-order valence-corrected chi connectivity index (χ3v) is 9.83. The van der Waals surface area contributed by atoms with E-state index in [1.165, 1.54) is 14.2 Å². The third kappa shape index (κ3) is 7.37. The van der Waals surface area contributed by atoms with Crippen molar-refractivity contribution in [3.8, 4) is 33.6 Å². The minimum Gasteiger partial charge on any atom is -0.453 e. The molecule has 4 amide bonds. The van der Waals surface area contributed by atoms with Gasteiger partial charge in [-0.05, 0) is 34.1 Å². The van der Waals surface area contributed by atoms with Gasteiger partial charge in [0.25, 0.3) is 0 Å². The van der Waals surface area contributed by atoms with Gasteiger partial charge in [0, 0.05) is 26.2 Å². The highest BCUT2D eigenvalue weighted by molar-refractivity contribution is 5.87. The number of carbonyl (C=O) groups excluding carboxylic acids is 4. The van der Waals surface area contributed by atoms with Crippen LogP contribution < -0.4 is 10.6 Å². The van der Waals surface area contributed by atoms with E-state index in [0.717, 1.165) is 45.3 Å². The highest BCUT2D eigenvalue weighted by Crippen LogP contribution is 2.30. The lowest BCUT2D eigenvalue weighted by molar-refractivity contribution is -0.136. The van der Waals surface area contributed by atoms with Crippen molar-refractivity contribution in [2.75, 3.05) is 27.3 Å². The monoisotopic (exact) mass is 710 g/mol. The van der Waals surface area contributed by atoms with Gasteiger partial charge in [-0.3, -0.25) is 9.59 Å². The van der Waals surface area contributed by atoms with E-state index in [-0.39, 0.29) is 23.7 Å². The number of hydrogen-bond acceptors (Lipinski definition) is 8. The maximum Gasteiger partial charge on any atom is 0.407 e. The van der Waals surface area contributed by atoms with Crippen LogP contribution in [0, 0.1) is 11.8 Å². The number of hydrogen-bond donors (Lipinski definition) is 2. The summed E-state index contributed by atoms with van der Waals surface area (Å²) in [4.78, 5) is 63.0. The summed E-state index contributed by atoms with van der Waals surface area (Å²) in [5, 5.41) is 5.33. The summed E-state index contributed by atoms with van der Waals surface area (Å²) in [5.74, 6) is 1.11. The van der Waals surface area contributed by atoms with Gasteiger partial charge in [-0.25, -0.2) is 19.6 Å². The van der Waals surface area contributed by atoms with Gasteiger partial charge in [-0.2, -0.15) is 0 Å². The Morgan fingerprint density at radius 1 is 0.577 bits per heavy atom. The molecular formula is C38H46N8O6. The number of amides is 4. The second-order valence-corrected chi connectivity index (χ2v) is 13.8. The predicted molar refractivity (Wildman–Crippen MR) is 193 cm³/mol. The van der Waals surface area contributed by atoms with Crippen LogP contribution in [0.1, 0.15) is 39.3 Å². The minimum absolute atomic E-state index is 0.0946. The van der Waals surface area contributed by atoms with Crippen molar-refractivity contribution in [2.24, 2.45) is 11.8 Å². The zero-order valence-electron chi connectivity index (χ0n) is 30.5. The number of methoxy groups -OCH3 is 2. The number of nitrogens with one attached hydrogen (secondary N) is 2. The molecule has 2 N–H and O–H groups in total. The van der Waals surface area contributed by atoms with Gasteiger partial charge in [0.2, 0.25) is 11.8 Å². The number of aromatic nitrogens is 4. The molecule has 2 aromatic carbocycles. The van der Waals surface area contributed by atoms with E-state index < -0.39 is 24.3 Å². The molecule has 0 bridgehead atoms. The van der Waals surface area contributed by atoms with Crippen LogP contribution in [0.2, 0.25) is 0 Å². The van der Waals surface area contributed by atoms with Gasteiger partial charge >= 0.3 is 12.2 Å². The van der Waals surface area contributed by atoms with E-state index in [9.17, 15) is 19.2 Å². The molecule has 2 aliphatic rings. The molecular weight excluding hydrogens is 664 g/mol. The van der Waals surface area contributed by atoms with Crippen LogP contribution in [0.25, 0.3) is 33.6 Å². The van der Waals surface area contributed by atoms with E-state index in [0.29, 0.717) is 39.3 Å². The average Bonchev–Trinajstić information content (AvgIpc) is 3.79. The van der Waals surface area contributed by atoms with Crippen LogP contribution in [-0.2, 0) is 45.2 Å². The number of rotatable bonds is 9. The van der Waals surface area contributed by atoms with E-state index in [1.807, 2.05) is 40.1 Å². The second-order valence-electron chi connectivity index (χ2n) is 13.8. The molecule has 2 atom stereocenters. The van der Waals surface area contributed by atoms with Crippen LogP contribution >= 0.6 is 0 Å². The molecule has 0 unspecified atom stereocenters. The van der Waals surface area contributed by atoms with Crippen LogP contribution in [0.15, 0.2) is 60.9 Å².